The van der Waals surface area contributed by atoms with Crippen LogP contribution in [0.15, 0.2) is 36.5 Å². The van der Waals surface area contributed by atoms with E-state index in [0.29, 0.717) is 24.1 Å². The normalized spacial score (nSPS) is 14.2. The Kier molecular flexibility index (Phi) is 36.7. The van der Waals surface area contributed by atoms with Crippen molar-refractivity contribution < 1.29 is 37.3 Å². The fraction of sp³-hybridized carbons (Fsp3) is 0.841. The maximum Gasteiger partial charge on any atom is 0.472 e. The van der Waals surface area contributed by atoms with Crippen molar-refractivity contribution in [2.75, 3.05) is 54.1 Å². The van der Waals surface area contributed by atoms with Gasteiger partial charge >= 0.3 is 13.8 Å². The average Bonchev–Trinajstić information content (AvgIpc) is 3.11. The lowest BCUT2D eigenvalue weighted by atomic mass is 10.0. The van der Waals surface area contributed by atoms with E-state index < -0.39 is 13.9 Å². The Hall–Kier alpha value is -1.28. The van der Waals surface area contributed by atoms with E-state index in [2.05, 4.69) is 50.3 Å². The third-order valence-corrected chi connectivity index (χ3v) is 10.2. The summed E-state index contributed by atoms with van der Waals surface area (Å²) in [5, 5.41) is 0. The van der Waals surface area contributed by atoms with E-state index in [0.717, 1.165) is 57.8 Å². The van der Waals surface area contributed by atoms with Crippen molar-refractivity contribution in [3.63, 3.8) is 0 Å². The molecule has 0 spiro atoms. The first-order valence-electron chi connectivity index (χ1n) is 21.7. The van der Waals surface area contributed by atoms with Gasteiger partial charge in [0, 0.05) is 13.0 Å². The predicted molar refractivity (Wildman–Crippen MR) is 224 cm³/mol. The number of unbranched alkanes of at least 4 members (excludes halogenated alkanes) is 20. The molecule has 0 aliphatic rings. The monoisotopic (exact) mass is 771 g/mol. The number of phosphoric acid groups is 1. The number of nitrogens with zero attached hydrogens (tertiary/aromatic N) is 1. The Bertz CT molecular complexity index is 947. The highest BCUT2D eigenvalue weighted by atomic mass is 31.2. The number of phosphoric ester groups is 1. The van der Waals surface area contributed by atoms with E-state index in [1.807, 2.05) is 21.1 Å². The van der Waals surface area contributed by atoms with Gasteiger partial charge in [0.2, 0.25) is 0 Å². The van der Waals surface area contributed by atoms with Gasteiger partial charge in [0.25, 0.3) is 0 Å². The zero-order valence-corrected chi connectivity index (χ0v) is 36.1. The molecular weight excluding hydrogens is 685 g/mol. The molecule has 0 saturated heterocycles. The Labute approximate surface area is 327 Å². The van der Waals surface area contributed by atoms with Crippen LogP contribution in [0.25, 0.3) is 0 Å². The van der Waals surface area contributed by atoms with Crippen LogP contribution >= 0.6 is 7.82 Å². The van der Waals surface area contributed by atoms with Gasteiger partial charge in [-0.1, -0.05) is 166 Å². The average molecular weight is 771 g/mol. The van der Waals surface area contributed by atoms with Crippen LogP contribution in [0.2, 0.25) is 0 Å². The van der Waals surface area contributed by atoms with Crippen molar-refractivity contribution in [3.05, 3.63) is 36.5 Å². The molecule has 1 N–H and O–H groups in total. The van der Waals surface area contributed by atoms with Crippen molar-refractivity contribution in [1.29, 1.82) is 0 Å². The summed E-state index contributed by atoms with van der Waals surface area (Å²) in [6.07, 6.45) is 43.1. The van der Waals surface area contributed by atoms with E-state index in [9.17, 15) is 14.3 Å². The molecule has 8 nitrogen and oxygen atoms in total. The molecule has 0 aromatic heterocycles. The maximum atomic E-state index is 12.7. The first kappa shape index (κ1) is 51.7. The standard InChI is InChI=1S/C44H84NO7P/c1-6-8-10-12-14-16-18-20-22-23-24-25-27-29-31-33-35-37-44(46)52-43(42-51-53(47,48)50-40-38-45(3,4)5)41-49-39-36-34-32-30-28-26-21-19-17-15-13-11-9-7-2/h8,10,14,16,20,22,43H,6-7,9,11-13,15,17-19,21,23-42H2,1-5H3/p+1/b10-8-,16-14-,22-20-. The summed E-state index contributed by atoms with van der Waals surface area (Å²) in [5.41, 5.74) is 0. The topological polar surface area (TPSA) is 91.3 Å². The number of ether oxygens (including phenoxy) is 2. The van der Waals surface area contributed by atoms with Crippen LogP contribution in [-0.4, -0.2) is 75.6 Å². The highest BCUT2D eigenvalue weighted by Crippen LogP contribution is 2.43. The summed E-state index contributed by atoms with van der Waals surface area (Å²) in [5.74, 6) is -0.323. The number of hydrogen-bond donors (Lipinski definition) is 1. The quantitative estimate of drug-likeness (QED) is 0.0218. The van der Waals surface area contributed by atoms with E-state index in [1.54, 1.807) is 0 Å². The van der Waals surface area contributed by atoms with Gasteiger partial charge in [-0.3, -0.25) is 13.8 Å². The molecule has 2 atom stereocenters. The van der Waals surface area contributed by atoms with Gasteiger partial charge in [0.15, 0.2) is 0 Å². The largest absolute Gasteiger partial charge is 0.472 e. The number of likely N-dealkylation sites (N-methyl/N-ethyl adjacent to an activating group) is 1. The van der Waals surface area contributed by atoms with Crippen LogP contribution in [0.4, 0.5) is 0 Å². The van der Waals surface area contributed by atoms with Gasteiger partial charge in [-0.05, 0) is 44.9 Å². The van der Waals surface area contributed by atoms with E-state index >= 15 is 0 Å². The van der Waals surface area contributed by atoms with Crippen LogP contribution in [0, 0.1) is 0 Å². The van der Waals surface area contributed by atoms with E-state index in [1.165, 1.54) is 103 Å². The van der Waals surface area contributed by atoms with E-state index in [-0.39, 0.29) is 25.8 Å². The minimum atomic E-state index is -4.27. The Morgan fingerprint density at radius 1 is 0.604 bits per heavy atom. The minimum Gasteiger partial charge on any atom is -0.457 e. The fourth-order valence-corrected chi connectivity index (χ4v) is 6.60. The lowest BCUT2D eigenvalue weighted by molar-refractivity contribution is -0.870. The molecule has 0 rings (SSSR count). The van der Waals surface area contributed by atoms with Crippen molar-refractivity contribution >= 4 is 13.8 Å². The van der Waals surface area contributed by atoms with Gasteiger partial charge in [-0.15, -0.1) is 0 Å². The number of carbonyl (C=O) groups is 1. The summed E-state index contributed by atoms with van der Waals surface area (Å²) in [7, 11) is 1.66. The maximum absolute atomic E-state index is 12.7. The molecule has 0 aliphatic carbocycles. The van der Waals surface area contributed by atoms with Crippen LogP contribution < -0.4 is 0 Å². The Balaban J connectivity index is 4.24. The highest BCUT2D eigenvalue weighted by molar-refractivity contribution is 7.47. The number of quaternary nitrogens is 1. The third kappa shape index (κ3) is 41.7. The van der Waals surface area contributed by atoms with Crippen molar-refractivity contribution in [1.82, 2.24) is 0 Å². The van der Waals surface area contributed by atoms with E-state index in [4.69, 9.17) is 18.5 Å². The number of hydrogen-bond acceptors (Lipinski definition) is 6. The molecule has 0 saturated carbocycles. The minimum absolute atomic E-state index is 0.0872. The second kappa shape index (κ2) is 37.6. The third-order valence-electron chi connectivity index (χ3n) is 9.22. The lowest BCUT2D eigenvalue weighted by Crippen LogP contribution is -2.37. The second-order valence-corrected chi connectivity index (χ2v) is 17.2. The molecule has 0 bridgehead atoms. The number of esters is 1. The highest BCUT2D eigenvalue weighted by Gasteiger charge is 2.26. The summed E-state index contributed by atoms with van der Waals surface area (Å²) in [6, 6.07) is 0. The van der Waals surface area contributed by atoms with Crippen LogP contribution in [0.1, 0.15) is 181 Å². The van der Waals surface area contributed by atoms with Gasteiger partial charge < -0.3 is 18.9 Å². The number of rotatable bonds is 40. The fourth-order valence-electron chi connectivity index (χ4n) is 5.86. The predicted octanol–water partition coefficient (Wildman–Crippen LogP) is 12.6. The molecule has 2 unspecified atom stereocenters. The van der Waals surface area contributed by atoms with Gasteiger partial charge in [0.1, 0.15) is 19.3 Å². The lowest BCUT2D eigenvalue weighted by Gasteiger charge is -2.24. The molecular formula is C44H85NO7P+. The second-order valence-electron chi connectivity index (χ2n) is 15.7. The molecule has 0 aromatic rings. The first-order chi connectivity index (χ1) is 25.6. The first-order valence-corrected chi connectivity index (χ1v) is 23.2. The van der Waals surface area contributed by atoms with Crippen LogP contribution in [0.3, 0.4) is 0 Å². The molecule has 0 radical (unpaired) electrons. The van der Waals surface area contributed by atoms with Crippen LogP contribution in [-0.2, 0) is 27.9 Å². The summed E-state index contributed by atoms with van der Waals surface area (Å²) < 4.78 is 35.0. The molecule has 9 heteroatoms. The van der Waals surface area contributed by atoms with Gasteiger partial charge in [-0.2, -0.15) is 0 Å². The number of carbonyl (C=O) groups excluding carboxylic acids is 1. The summed E-state index contributed by atoms with van der Waals surface area (Å²) in [4.78, 5) is 22.9. The van der Waals surface area contributed by atoms with Crippen molar-refractivity contribution in [2.45, 2.75) is 187 Å². The Morgan fingerprint density at radius 2 is 1.09 bits per heavy atom. The Morgan fingerprint density at radius 3 is 1.64 bits per heavy atom. The molecule has 0 amide bonds. The van der Waals surface area contributed by atoms with Gasteiger partial charge in [-0.25, -0.2) is 4.57 Å². The molecule has 312 valence electrons. The van der Waals surface area contributed by atoms with Crippen LogP contribution in [0.5, 0.6) is 0 Å². The molecule has 53 heavy (non-hydrogen) atoms. The zero-order valence-electron chi connectivity index (χ0n) is 35.3. The number of allylic oxidation sites excluding steroid dienone is 6. The SMILES string of the molecule is CC/C=C\C/C=C\C/C=C\CCCCCCCCCC(=O)OC(COCCCCCCCCCCCCCCCC)COP(=O)(O)OCC[N+](C)(C)C. The van der Waals surface area contributed by atoms with Crippen molar-refractivity contribution in [2.24, 2.45) is 0 Å². The zero-order chi connectivity index (χ0) is 39.1. The smallest absolute Gasteiger partial charge is 0.457 e. The summed E-state index contributed by atoms with van der Waals surface area (Å²) >= 11 is 0. The molecule has 0 heterocycles. The van der Waals surface area contributed by atoms with Crippen molar-refractivity contribution in [3.8, 4) is 0 Å². The summed E-state index contributed by atoms with van der Waals surface area (Å²) in [6.45, 7) is 5.52. The molecule has 0 aromatic carbocycles. The van der Waals surface area contributed by atoms with Gasteiger partial charge in [0.05, 0.1) is 34.4 Å². The molecule has 0 fully saturated rings. The molecule has 0 aliphatic heterocycles.